The van der Waals surface area contributed by atoms with E-state index in [0.717, 1.165) is 35.5 Å². The second kappa shape index (κ2) is 6.54. The first-order valence-electron chi connectivity index (χ1n) is 7.87. The molecule has 0 spiro atoms. The molecular formula is C19H18ClN3O. The van der Waals surface area contributed by atoms with Crippen molar-refractivity contribution < 1.29 is 4.79 Å². The molecule has 3 rings (SSSR count). The molecule has 1 aliphatic rings. The van der Waals surface area contributed by atoms with E-state index in [1.54, 1.807) is 6.08 Å². The largest absolute Gasteiger partial charge is 0.349 e. The Morgan fingerprint density at radius 2 is 2.00 bits per heavy atom. The molecular weight excluding hydrogens is 322 g/mol. The van der Waals surface area contributed by atoms with Gasteiger partial charge in [0.25, 0.3) is 5.91 Å². The van der Waals surface area contributed by atoms with Gasteiger partial charge in [-0.05, 0) is 68.7 Å². The number of amides is 1. The Morgan fingerprint density at radius 3 is 2.58 bits per heavy atom. The number of hydrogen-bond acceptors (Lipinski definition) is 2. The van der Waals surface area contributed by atoms with Gasteiger partial charge in [0.05, 0.1) is 0 Å². The van der Waals surface area contributed by atoms with Gasteiger partial charge < -0.3 is 9.88 Å². The highest BCUT2D eigenvalue weighted by molar-refractivity contribution is 6.30. The zero-order valence-electron chi connectivity index (χ0n) is 13.6. The van der Waals surface area contributed by atoms with Gasteiger partial charge in [-0.1, -0.05) is 11.6 Å². The zero-order chi connectivity index (χ0) is 17.3. The number of hydrogen-bond donors (Lipinski definition) is 1. The third-order valence-corrected chi connectivity index (χ3v) is 4.38. The van der Waals surface area contributed by atoms with Crippen molar-refractivity contribution in [3.8, 4) is 11.8 Å². The highest BCUT2D eigenvalue weighted by Crippen LogP contribution is 2.24. The lowest BCUT2D eigenvalue weighted by atomic mass is 10.1. The van der Waals surface area contributed by atoms with Gasteiger partial charge >= 0.3 is 0 Å². The molecule has 1 saturated carbocycles. The fraction of sp³-hybridized carbons (Fsp3) is 0.263. The van der Waals surface area contributed by atoms with Gasteiger partial charge in [0.1, 0.15) is 11.6 Å². The summed E-state index contributed by atoms with van der Waals surface area (Å²) >= 11 is 5.95. The summed E-state index contributed by atoms with van der Waals surface area (Å²) in [6, 6.07) is 11.8. The van der Waals surface area contributed by atoms with Crippen LogP contribution in [0.3, 0.4) is 0 Å². The quantitative estimate of drug-likeness (QED) is 0.677. The van der Waals surface area contributed by atoms with E-state index in [4.69, 9.17) is 11.6 Å². The second-order valence-corrected chi connectivity index (χ2v) is 6.49. The molecule has 1 N–H and O–H groups in total. The zero-order valence-corrected chi connectivity index (χ0v) is 14.4. The average molecular weight is 340 g/mol. The summed E-state index contributed by atoms with van der Waals surface area (Å²) in [5, 5.41) is 12.8. The summed E-state index contributed by atoms with van der Waals surface area (Å²) in [5.41, 5.74) is 4.00. The van der Waals surface area contributed by atoms with Crippen LogP contribution in [-0.4, -0.2) is 16.5 Å². The maximum atomic E-state index is 12.1. The van der Waals surface area contributed by atoms with E-state index < -0.39 is 0 Å². The molecule has 122 valence electrons. The smallest absolute Gasteiger partial charge is 0.262 e. The van der Waals surface area contributed by atoms with E-state index in [0.29, 0.717) is 5.02 Å². The van der Waals surface area contributed by atoms with E-state index in [9.17, 15) is 10.1 Å². The highest BCUT2D eigenvalue weighted by Gasteiger charge is 2.25. The summed E-state index contributed by atoms with van der Waals surface area (Å²) in [6.45, 7) is 3.97. The van der Waals surface area contributed by atoms with Gasteiger partial charge in [-0.2, -0.15) is 5.26 Å². The van der Waals surface area contributed by atoms with Crippen LogP contribution in [0, 0.1) is 25.2 Å². The van der Waals surface area contributed by atoms with Crippen molar-refractivity contribution in [2.24, 2.45) is 0 Å². The summed E-state index contributed by atoms with van der Waals surface area (Å²) in [6.07, 6.45) is 3.65. The number of carbonyl (C=O) groups excluding carboxylic acids is 1. The van der Waals surface area contributed by atoms with E-state index >= 15 is 0 Å². The Balaban J connectivity index is 1.95. The van der Waals surface area contributed by atoms with Gasteiger partial charge in [-0.3, -0.25) is 4.79 Å². The van der Waals surface area contributed by atoms with Gasteiger partial charge in [0.15, 0.2) is 0 Å². The average Bonchev–Trinajstić information content (AvgIpc) is 3.32. The molecule has 1 aromatic carbocycles. The van der Waals surface area contributed by atoms with Crippen molar-refractivity contribution in [2.75, 3.05) is 0 Å². The number of halogens is 1. The number of nitrogens with one attached hydrogen (secondary N) is 1. The van der Waals surface area contributed by atoms with Crippen LogP contribution < -0.4 is 5.32 Å². The fourth-order valence-corrected chi connectivity index (χ4v) is 2.84. The number of aromatic nitrogens is 1. The van der Waals surface area contributed by atoms with Crippen molar-refractivity contribution in [1.29, 1.82) is 5.26 Å². The Bertz CT molecular complexity index is 852. The van der Waals surface area contributed by atoms with Crippen molar-refractivity contribution in [3.05, 3.63) is 57.9 Å². The number of benzene rings is 1. The molecule has 4 nitrogen and oxygen atoms in total. The highest BCUT2D eigenvalue weighted by atomic mass is 35.5. The van der Waals surface area contributed by atoms with E-state index in [1.165, 1.54) is 0 Å². The molecule has 0 aliphatic heterocycles. The Labute approximate surface area is 146 Å². The predicted molar refractivity (Wildman–Crippen MR) is 95.0 cm³/mol. The first-order valence-corrected chi connectivity index (χ1v) is 8.25. The summed E-state index contributed by atoms with van der Waals surface area (Å²) < 4.78 is 2.08. The predicted octanol–water partition coefficient (Wildman–Crippen LogP) is 3.93. The van der Waals surface area contributed by atoms with E-state index in [2.05, 4.69) is 9.88 Å². The molecule has 0 atom stereocenters. The van der Waals surface area contributed by atoms with Gasteiger partial charge in [0.2, 0.25) is 0 Å². The number of rotatable bonds is 4. The summed E-state index contributed by atoms with van der Waals surface area (Å²) in [7, 11) is 0. The number of aryl methyl sites for hydroxylation is 1. The maximum Gasteiger partial charge on any atom is 0.262 e. The van der Waals surface area contributed by atoms with Crippen molar-refractivity contribution in [3.63, 3.8) is 0 Å². The third-order valence-electron chi connectivity index (χ3n) is 4.13. The molecule has 1 fully saturated rings. The van der Waals surface area contributed by atoms with Crippen LogP contribution in [0.4, 0.5) is 0 Å². The SMILES string of the molecule is Cc1cc(/C=C(\C#N)C(=O)NC2CC2)c(C)n1-c1ccc(Cl)cc1. The number of nitrogens with zero attached hydrogens (tertiary/aromatic N) is 2. The summed E-state index contributed by atoms with van der Waals surface area (Å²) in [5.74, 6) is -0.295. The lowest BCUT2D eigenvalue weighted by molar-refractivity contribution is -0.117. The van der Waals surface area contributed by atoms with Crippen LogP contribution >= 0.6 is 11.6 Å². The Kier molecular flexibility index (Phi) is 4.46. The van der Waals surface area contributed by atoms with Gasteiger partial charge in [0, 0.05) is 28.1 Å². The van der Waals surface area contributed by atoms with Crippen molar-refractivity contribution >= 4 is 23.6 Å². The van der Waals surface area contributed by atoms with Gasteiger partial charge in [-0.15, -0.1) is 0 Å². The fourth-order valence-electron chi connectivity index (χ4n) is 2.72. The monoisotopic (exact) mass is 339 g/mol. The molecule has 24 heavy (non-hydrogen) atoms. The van der Waals surface area contributed by atoms with Crippen LogP contribution in [0.15, 0.2) is 35.9 Å². The Hall–Kier alpha value is -2.51. The molecule has 1 aromatic heterocycles. The molecule has 0 bridgehead atoms. The molecule has 1 amide bonds. The minimum atomic E-state index is -0.295. The normalized spacial score (nSPS) is 14.3. The van der Waals surface area contributed by atoms with Crippen molar-refractivity contribution in [2.45, 2.75) is 32.7 Å². The lowest BCUT2D eigenvalue weighted by Crippen LogP contribution is -2.26. The number of nitriles is 1. The van der Waals surface area contributed by atoms with Crippen LogP contribution in [-0.2, 0) is 4.79 Å². The molecule has 1 heterocycles. The second-order valence-electron chi connectivity index (χ2n) is 6.06. The van der Waals surface area contributed by atoms with Gasteiger partial charge in [-0.25, -0.2) is 0 Å². The van der Waals surface area contributed by atoms with Crippen LogP contribution in [0.1, 0.15) is 29.8 Å². The molecule has 0 saturated heterocycles. The summed E-state index contributed by atoms with van der Waals surface area (Å²) in [4.78, 5) is 12.1. The van der Waals surface area contributed by atoms with Crippen LogP contribution in [0.2, 0.25) is 5.02 Å². The minimum absolute atomic E-state index is 0.137. The molecule has 5 heteroatoms. The third kappa shape index (κ3) is 3.37. The standard InChI is InChI=1S/C19H18ClN3O/c1-12-9-14(10-15(11-21)19(24)22-17-5-6-17)13(2)23(12)18-7-3-16(20)4-8-18/h3-4,7-10,17H,5-6H2,1-2H3,(H,22,24)/b15-10+. The maximum absolute atomic E-state index is 12.1. The molecule has 1 aliphatic carbocycles. The molecule has 0 radical (unpaired) electrons. The molecule has 0 unspecified atom stereocenters. The van der Waals surface area contributed by atoms with E-state index in [1.807, 2.05) is 50.2 Å². The number of carbonyl (C=O) groups is 1. The first kappa shape index (κ1) is 16.4. The molecule has 2 aromatic rings. The van der Waals surface area contributed by atoms with Crippen LogP contribution in [0.25, 0.3) is 11.8 Å². The van der Waals surface area contributed by atoms with Crippen LogP contribution in [0.5, 0.6) is 0 Å². The Morgan fingerprint density at radius 1 is 1.33 bits per heavy atom. The van der Waals surface area contributed by atoms with Crippen molar-refractivity contribution in [1.82, 2.24) is 9.88 Å². The van der Waals surface area contributed by atoms with E-state index in [-0.39, 0.29) is 17.5 Å². The lowest BCUT2D eigenvalue weighted by Gasteiger charge is -2.09. The minimum Gasteiger partial charge on any atom is -0.349 e. The topological polar surface area (TPSA) is 57.8 Å². The first-order chi connectivity index (χ1) is 11.5.